The highest BCUT2D eigenvalue weighted by Gasteiger charge is 2.30. The van der Waals surface area contributed by atoms with Crippen molar-refractivity contribution in [2.24, 2.45) is 0 Å². The molecule has 2 rings (SSSR count). The number of hydrogen-bond acceptors (Lipinski definition) is 3. The molecule has 1 N–H and O–H groups in total. The summed E-state index contributed by atoms with van der Waals surface area (Å²) in [7, 11) is 0. The number of morpholine rings is 1. The average Bonchev–Trinajstić information content (AvgIpc) is 2.40. The molecule has 1 atom stereocenters. The largest absolute Gasteiger partial charge is 0.366 e. The van der Waals surface area contributed by atoms with E-state index in [0.717, 1.165) is 16.8 Å². The number of nitrogens with zero attached hydrogens (tertiary/aromatic N) is 1. The summed E-state index contributed by atoms with van der Waals surface area (Å²) < 4.78 is 5.43. The molecule has 1 fully saturated rings. The minimum absolute atomic E-state index is 0.0579. The molecule has 1 aromatic rings. The number of nitrogens with one attached hydrogen (secondary N) is 1. The SMILES string of the molecule is CCN1CCOC(CC(=O)Nc2cc(C)cc(C)c2)C1=O. The van der Waals surface area contributed by atoms with Crippen LogP contribution in [0.5, 0.6) is 0 Å². The summed E-state index contributed by atoms with van der Waals surface area (Å²) >= 11 is 0. The van der Waals surface area contributed by atoms with Gasteiger partial charge in [-0.3, -0.25) is 9.59 Å². The lowest BCUT2D eigenvalue weighted by atomic mass is 10.1. The summed E-state index contributed by atoms with van der Waals surface area (Å²) in [5.41, 5.74) is 2.94. The zero-order valence-electron chi connectivity index (χ0n) is 12.8. The number of rotatable bonds is 4. The van der Waals surface area contributed by atoms with E-state index in [0.29, 0.717) is 19.7 Å². The zero-order chi connectivity index (χ0) is 15.4. The monoisotopic (exact) mass is 290 g/mol. The Bertz CT molecular complexity index is 522. The third-order valence-corrected chi connectivity index (χ3v) is 3.53. The molecule has 2 amide bonds. The normalized spacial score (nSPS) is 18.7. The highest BCUT2D eigenvalue weighted by atomic mass is 16.5. The third kappa shape index (κ3) is 4.04. The van der Waals surface area contributed by atoms with Crippen LogP contribution in [0, 0.1) is 13.8 Å². The molecule has 0 spiro atoms. The summed E-state index contributed by atoms with van der Waals surface area (Å²) in [5, 5.41) is 2.83. The molecule has 0 aromatic heterocycles. The summed E-state index contributed by atoms with van der Waals surface area (Å²) in [4.78, 5) is 25.9. The first-order chi connectivity index (χ1) is 9.99. The number of likely N-dealkylation sites (N-methyl/N-ethyl adjacent to an activating group) is 1. The molecule has 0 saturated carbocycles. The highest BCUT2D eigenvalue weighted by Crippen LogP contribution is 2.16. The Kier molecular flexibility index (Phi) is 4.96. The van der Waals surface area contributed by atoms with Crippen LogP contribution in [0.2, 0.25) is 0 Å². The van der Waals surface area contributed by atoms with E-state index in [4.69, 9.17) is 4.74 Å². The summed E-state index contributed by atoms with van der Waals surface area (Å²) in [6.45, 7) is 7.63. The van der Waals surface area contributed by atoms with Crippen molar-refractivity contribution in [2.45, 2.75) is 33.3 Å². The predicted molar refractivity (Wildman–Crippen MR) is 81.2 cm³/mol. The summed E-state index contributed by atoms with van der Waals surface area (Å²) in [5.74, 6) is -0.296. The van der Waals surface area contributed by atoms with Crippen LogP contribution in [0.1, 0.15) is 24.5 Å². The van der Waals surface area contributed by atoms with Gasteiger partial charge in [0.15, 0.2) is 0 Å². The highest BCUT2D eigenvalue weighted by molar-refractivity contribution is 5.95. The minimum atomic E-state index is -0.662. The van der Waals surface area contributed by atoms with Gasteiger partial charge < -0.3 is 15.0 Å². The van der Waals surface area contributed by atoms with Gasteiger partial charge in [-0.1, -0.05) is 6.07 Å². The van der Waals surface area contributed by atoms with Gasteiger partial charge in [0.05, 0.1) is 13.0 Å². The first-order valence-electron chi connectivity index (χ1n) is 7.28. The minimum Gasteiger partial charge on any atom is -0.366 e. The first-order valence-corrected chi connectivity index (χ1v) is 7.28. The molecule has 1 saturated heterocycles. The Balaban J connectivity index is 1.96. The molecule has 114 valence electrons. The van der Waals surface area contributed by atoms with Gasteiger partial charge in [0.1, 0.15) is 6.10 Å². The van der Waals surface area contributed by atoms with Crippen LogP contribution in [0.4, 0.5) is 5.69 Å². The fourth-order valence-electron chi connectivity index (χ4n) is 2.58. The van der Waals surface area contributed by atoms with Crippen LogP contribution in [0.25, 0.3) is 0 Å². The molecule has 0 radical (unpaired) electrons. The molecule has 1 aliphatic rings. The fourth-order valence-corrected chi connectivity index (χ4v) is 2.58. The number of aryl methyl sites for hydroxylation is 2. The second-order valence-electron chi connectivity index (χ2n) is 5.41. The van der Waals surface area contributed by atoms with Gasteiger partial charge in [-0.15, -0.1) is 0 Å². The molecule has 5 nitrogen and oxygen atoms in total. The number of carbonyl (C=O) groups is 2. The molecule has 1 unspecified atom stereocenters. The van der Waals surface area contributed by atoms with E-state index >= 15 is 0 Å². The maximum atomic E-state index is 12.1. The van der Waals surface area contributed by atoms with Gasteiger partial charge in [0.2, 0.25) is 5.91 Å². The van der Waals surface area contributed by atoms with Crippen molar-refractivity contribution in [3.05, 3.63) is 29.3 Å². The Morgan fingerprint density at radius 2 is 2.00 bits per heavy atom. The number of benzene rings is 1. The number of ether oxygens (including phenoxy) is 1. The quantitative estimate of drug-likeness (QED) is 0.921. The topological polar surface area (TPSA) is 58.6 Å². The van der Waals surface area contributed by atoms with Crippen LogP contribution in [-0.4, -0.2) is 42.5 Å². The molecule has 0 aliphatic carbocycles. The van der Waals surface area contributed by atoms with Crippen LogP contribution < -0.4 is 5.32 Å². The second-order valence-corrected chi connectivity index (χ2v) is 5.41. The third-order valence-electron chi connectivity index (χ3n) is 3.53. The Morgan fingerprint density at radius 3 is 2.62 bits per heavy atom. The number of hydrogen-bond donors (Lipinski definition) is 1. The van der Waals surface area contributed by atoms with Gasteiger partial charge in [-0.2, -0.15) is 0 Å². The van der Waals surface area contributed by atoms with Gasteiger partial charge in [0.25, 0.3) is 5.91 Å². The number of amides is 2. The number of carbonyl (C=O) groups excluding carboxylic acids is 2. The second kappa shape index (κ2) is 6.72. The maximum Gasteiger partial charge on any atom is 0.252 e. The Hall–Kier alpha value is -1.88. The standard InChI is InChI=1S/C16H22N2O3/c1-4-18-5-6-21-14(16(18)20)10-15(19)17-13-8-11(2)7-12(3)9-13/h7-9,14H,4-6,10H2,1-3H3,(H,17,19). The number of anilines is 1. The van der Waals surface area contributed by atoms with Crippen LogP contribution in [0.15, 0.2) is 18.2 Å². The van der Waals surface area contributed by atoms with E-state index < -0.39 is 6.10 Å². The summed E-state index contributed by atoms with van der Waals surface area (Å²) in [6, 6.07) is 5.86. The Morgan fingerprint density at radius 1 is 1.33 bits per heavy atom. The molecule has 21 heavy (non-hydrogen) atoms. The molecular formula is C16H22N2O3. The van der Waals surface area contributed by atoms with Crippen LogP contribution >= 0.6 is 0 Å². The van der Waals surface area contributed by atoms with Crippen molar-refractivity contribution in [1.29, 1.82) is 0 Å². The van der Waals surface area contributed by atoms with E-state index in [-0.39, 0.29) is 18.2 Å². The Labute approximate surface area is 125 Å². The molecular weight excluding hydrogens is 268 g/mol. The van der Waals surface area contributed by atoms with E-state index in [1.807, 2.05) is 39.0 Å². The van der Waals surface area contributed by atoms with Gasteiger partial charge in [-0.25, -0.2) is 0 Å². The zero-order valence-corrected chi connectivity index (χ0v) is 12.8. The van der Waals surface area contributed by atoms with E-state index in [1.165, 1.54) is 0 Å². The lowest BCUT2D eigenvalue weighted by Crippen LogP contribution is -2.48. The fraction of sp³-hybridized carbons (Fsp3) is 0.500. The van der Waals surface area contributed by atoms with Crippen molar-refractivity contribution in [2.75, 3.05) is 25.0 Å². The van der Waals surface area contributed by atoms with E-state index in [1.54, 1.807) is 4.90 Å². The maximum absolute atomic E-state index is 12.1. The van der Waals surface area contributed by atoms with Crippen LogP contribution in [0.3, 0.4) is 0 Å². The van der Waals surface area contributed by atoms with Crippen LogP contribution in [-0.2, 0) is 14.3 Å². The molecule has 1 heterocycles. The average molecular weight is 290 g/mol. The molecule has 1 aliphatic heterocycles. The first kappa shape index (κ1) is 15.5. The van der Waals surface area contributed by atoms with E-state index in [2.05, 4.69) is 5.32 Å². The lowest BCUT2D eigenvalue weighted by Gasteiger charge is -2.31. The van der Waals surface area contributed by atoms with Crippen molar-refractivity contribution in [3.8, 4) is 0 Å². The smallest absolute Gasteiger partial charge is 0.252 e. The van der Waals surface area contributed by atoms with E-state index in [9.17, 15) is 9.59 Å². The summed E-state index contributed by atoms with van der Waals surface area (Å²) in [6.07, 6.45) is -0.605. The molecule has 1 aromatic carbocycles. The van der Waals surface area contributed by atoms with Crippen molar-refractivity contribution in [1.82, 2.24) is 4.90 Å². The van der Waals surface area contributed by atoms with Crippen molar-refractivity contribution < 1.29 is 14.3 Å². The van der Waals surface area contributed by atoms with Gasteiger partial charge >= 0.3 is 0 Å². The van der Waals surface area contributed by atoms with Gasteiger partial charge in [-0.05, 0) is 44.0 Å². The van der Waals surface area contributed by atoms with Gasteiger partial charge in [0, 0.05) is 18.8 Å². The molecule has 0 bridgehead atoms. The van der Waals surface area contributed by atoms with Crippen molar-refractivity contribution >= 4 is 17.5 Å². The van der Waals surface area contributed by atoms with Crippen molar-refractivity contribution in [3.63, 3.8) is 0 Å². The predicted octanol–water partition coefficient (Wildman–Crippen LogP) is 1.88. The lowest BCUT2D eigenvalue weighted by molar-refractivity contribution is -0.154. The molecule has 5 heteroatoms.